The quantitative estimate of drug-likeness (QED) is 0.806. The second-order valence-corrected chi connectivity index (χ2v) is 5.03. The minimum atomic E-state index is -0.178. The van der Waals surface area contributed by atoms with Crippen LogP contribution in [0.5, 0.6) is 0 Å². The van der Waals surface area contributed by atoms with Crippen LogP contribution in [0.3, 0.4) is 0 Å². The summed E-state index contributed by atoms with van der Waals surface area (Å²) in [7, 11) is 0. The van der Waals surface area contributed by atoms with Crippen LogP contribution in [0.25, 0.3) is 0 Å². The van der Waals surface area contributed by atoms with Crippen LogP contribution in [-0.4, -0.2) is 23.5 Å². The molecular formula is C16H23N3O. The SMILES string of the molecule is CCC(C)CC(C)NC(=O)c1ncccc1C#CCN. The lowest BCUT2D eigenvalue weighted by atomic mass is 10.0. The van der Waals surface area contributed by atoms with Gasteiger partial charge >= 0.3 is 0 Å². The standard InChI is InChI=1S/C16H23N3O/c1-4-12(2)11-13(3)19-16(20)15-14(7-5-9-17)8-6-10-18-15/h6,8,10,12-13H,4,9,11,17H2,1-3H3,(H,19,20). The number of carbonyl (C=O) groups is 1. The van der Waals surface area contributed by atoms with Crippen molar-refractivity contribution >= 4 is 5.91 Å². The van der Waals surface area contributed by atoms with Crippen LogP contribution in [0.4, 0.5) is 0 Å². The van der Waals surface area contributed by atoms with Gasteiger partial charge in [0.25, 0.3) is 5.91 Å². The first-order valence-corrected chi connectivity index (χ1v) is 7.03. The normalized spacial score (nSPS) is 13.0. The minimum Gasteiger partial charge on any atom is -0.348 e. The zero-order chi connectivity index (χ0) is 15.0. The molecule has 0 aliphatic rings. The van der Waals surface area contributed by atoms with Crippen molar-refractivity contribution in [3.05, 3.63) is 29.6 Å². The van der Waals surface area contributed by atoms with Crippen molar-refractivity contribution < 1.29 is 4.79 Å². The molecular weight excluding hydrogens is 250 g/mol. The van der Waals surface area contributed by atoms with Crippen molar-refractivity contribution in [2.24, 2.45) is 11.7 Å². The summed E-state index contributed by atoms with van der Waals surface area (Å²) in [4.78, 5) is 16.4. The Balaban J connectivity index is 2.77. The molecule has 1 amide bonds. The van der Waals surface area contributed by atoms with Gasteiger partial charge in [-0.05, 0) is 31.4 Å². The predicted octanol–water partition coefficient (Wildman–Crippen LogP) is 1.95. The van der Waals surface area contributed by atoms with Crippen molar-refractivity contribution in [2.45, 2.75) is 39.7 Å². The minimum absolute atomic E-state index is 0.120. The number of amides is 1. The van der Waals surface area contributed by atoms with Gasteiger partial charge in [-0.15, -0.1) is 0 Å². The molecule has 0 aromatic carbocycles. The first kappa shape index (κ1) is 16.2. The van der Waals surface area contributed by atoms with E-state index in [4.69, 9.17) is 5.73 Å². The Bertz CT molecular complexity index is 502. The van der Waals surface area contributed by atoms with E-state index >= 15 is 0 Å². The molecule has 0 aliphatic carbocycles. The first-order chi connectivity index (χ1) is 9.58. The third-order valence-corrected chi connectivity index (χ3v) is 3.18. The zero-order valence-electron chi connectivity index (χ0n) is 12.4. The molecule has 0 bridgehead atoms. The summed E-state index contributed by atoms with van der Waals surface area (Å²) in [6.45, 7) is 6.61. The molecule has 0 saturated carbocycles. The Morgan fingerprint density at radius 3 is 2.90 bits per heavy atom. The molecule has 0 aliphatic heterocycles. The summed E-state index contributed by atoms with van der Waals surface area (Å²) in [5.74, 6) is 6.04. The third-order valence-electron chi connectivity index (χ3n) is 3.18. The van der Waals surface area contributed by atoms with E-state index in [2.05, 4.69) is 36.0 Å². The fourth-order valence-electron chi connectivity index (χ4n) is 1.95. The molecule has 4 nitrogen and oxygen atoms in total. The summed E-state index contributed by atoms with van der Waals surface area (Å²) >= 11 is 0. The van der Waals surface area contributed by atoms with Crippen molar-refractivity contribution in [3.8, 4) is 11.8 Å². The average molecular weight is 273 g/mol. The number of nitrogens with two attached hydrogens (primary N) is 1. The lowest BCUT2D eigenvalue weighted by molar-refractivity contribution is 0.0930. The number of carbonyl (C=O) groups excluding carboxylic acids is 1. The Morgan fingerprint density at radius 2 is 2.25 bits per heavy atom. The molecule has 1 aromatic rings. The topological polar surface area (TPSA) is 68.0 Å². The van der Waals surface area contributed by atoms with Gasteiger partial charge in [-0.2, -0.15) is 0 Å². The second-order valence-electron chi connectivity index (χ2n) is 5.03. The smallest absolute Gasteiger partial charge is 0.271 e. The molecule has 2 unspecified atom stereocenters. The van der Waals surface area contributed by atoms with E-state index in [1.807, 2.05) is 6.92 Å². The highest BCUT2D eigenvalue weighted by molar-refractivity contribution is 5.94. The van der Waals surface area contributed by atoms with Crippen LogP contribution < -0.4 is 11.1 Å². The number of nitrogens with zero attached hydrogens (tertiary/aromatic N) is 1. The summed E-state index contributed by atoms with van der Waals surface area (Å²) in [6.07, 6.45) is 3.66. The Kier molecular flexibility index (Phi) is 6.75. The van der Waals surface area contributed by atoms with E-state index in [1.54, 1.807) is 18.3 Å². The molecule has 0 spiro atoms. The molecule has 4 heteroatoms. The van der Waals surface area contributed by atoms with Crippen molar-refractivity contribution in [1.29, 1.82) is 0 Å². The lowest BCUT2D eigenvalue weighted by Gasteiger charge is -2.17. The van der Waals surface area contributed by atoms with Gasteiger partial charge in [0.05, 0.1) is 12.1 Å². The third kappa shape index (κ3) is 5.02. The van der Waals surface area contributed by atoms with E-state index in [9.17, 15) is 4.79 Å². The van der Waals surface area contributed by atoms with Gasteiger partial charge in [-0.3, -0.25) is 4.79 Å². The zero-order valence-corrected chi connectivity index (χ0v) is 12.4. The average Bonchev–Trinajstić information content (AvgIpc) is 2.44. The Morgan fingerprint density at radius 1 is 1.50 bits per heavy atom. The number of hydrogen-bond donors (Lipinski definition) is 2. The van der Waals surface area contributed by atoms with E-state index in [0.717, 1.165) is 12.8 Å². The van der Waals surface area contributed by atoms with Gasteiger partial charge in [-0.1, -0.05) is 32.1 Å². The summed E-state index contributed by atoms with van der Waals surface area (Å²) in [5, 5.41) is 2.98. The Hall–Kier alpha value is -1.86. The highest BCUT2D eigenvalue weighted by atomic mass is 16.1. The molecule has 1 rings (SSSR count). The van der Waals surface area contributed by atoms with Crippen molar-refractivity contribution in [3.63, 3.8) is 0 Å². The number of hydrogen-bond acceptors (Lipinski definition) is 3. The van der Waals surface area contributed by atoms with E-state index in [0.29, 0.717) is 17.2 Å². The highest BCUT2D eigenvalue weighted by Gasteiger charge is 2.15. The fourth-order valence-corrected chi connectivity index (χ4v) is 1.95. The number of nitrogens with one attached hydrogen (secondary N) is 1. The number of pyridine rings is 1. The largest absolute Gasteiger partial charge is 0.348 e. The molecule has 2 atom stereocenters. The van der Waals surface area contributed by atoms with Gasteiger partial charge in [-0.25, -0.2) is 4.98 Å². The molecule has 1 heterocycles. The highest BCUT2D eigenvalue weighted by Crippen LogP contribution is 2.10. The van der Waals surface area contributed by atoms with E-state index < -0.39 is 0 Å². The van der Waals surface area contributed by atoms with Crippen LogP contribution in [0.15, 0.2) is 18.3 Å². The molecule has 1 aromatic heterocycles. The predicted molar refractivity (Wildman–Crippen MR) is 81.2 cm³/mol. The van der Waals surface area contributed by atoms with Crippen LogP contribution in [0.1, 0.15) is 49.7 Å². The van der Waals surface area contributed by atoms with Crippen molar-refractivity contribution in [2.75, 3.05) is 6.54 Å². The van der Waals surface area contributed by atoms with E-state index in [1.165, 1.54) is 0 Å². The maximum Gasteiger partial charge on any atom is 0.271 e. The maximum atomic E-state index is 12.2. The summed E-state index contributed by atoms with van der Waals surface area (Å²) in [5.41, 5.74) is 6.34. The molecule has 3 N–H and O–H groups in total. The monoisotopic (exact) mass is 273 g/mol. The van der Waals surface area contributed by atoms with Gasteiger partial charge in [0.1, 0.15) is 5.69 Å². The molecule has 0 radical (unpaired) electrons. The van der Waals surface area contributed by atoms with Crippen LogP contribution in [0.2, 0.25) is 0 Å². The second kappa shape index (κ2) is 8.34. The van der Waals surface area contributed by atoms with Crippen LogP contribution in [0, 0.1) is 17.8 Å². The summed E-state index contributed by atoms with van der Waals surface area (Å²) < 4.78 is 0. The van der Waals surface area contributed by atoms with Crippen LogP contribution >= 0.6 is 0 Å². The summed E-state index contributed by atoms with van der Waals surface area (Å²) in [6, 6.07) is 3.67. The van der Waals surface area contributed by atoms with Gasteiger partial charge < -0.3 is 11.1 Å². The molecule has 20 heavy (non-hydrogen) atoms. The van der Waals surface area contributed by atoms with Gasteiger partial charge in [0, 0.05) is 12.2 Å². The first-order valence-electron chi connectivity index (χ1n) is 7.03. The van der Waals surface area contributed by atoms with E-state index in [-0.39, 0.29) is 18.5 Å². The number of rotatable bonds is 5. The maximum absolute atomic E-state index is 12.2. The molecule has 108 valence electrons. The molecule has 0 saturated heterocycles. The van der Waals surface area contributed by atoms with Gasteiger partial charge in [0.15, 0.2) is 0 Å². The number of aromatic nitrogens is 1. The Labute approximate surface area is 121 Å². The fraction of sp³-hybridized carbons (Fsp3) is 0.500. The molecule has 0 fully saturated rings. The lowest BCUT2D eigenvalue weighted by Crippen LogP contribution is -2.34. The van der Waals surface area contributed by atoms with Gasteiger partial charge in [0.2, 0.25) is 0 Å². The van der Waals surface area contributed by atoms with Crippen molar-refractivity contribution in [1.82, 2.24) is 10.3 Å². The van der Waals surface area contributed by atoms with Crippen LogP contribution in [-0.2, 0) is 0 Å².